The third-order valence-electron chi connectivity index (χ3n) is 5.00. The Morgan fingerprint density at radius 3 is 2.61 bits per heavy atom. The largest absolute Gasteiger partial charge is 0.461 e. The topological polar surface area (TPSA) is 55.9 Å². The van der Waals surface area contributed by atoms with Crippen LogP contribution in [0.1, 0.15) is 42.2 Å². The molecule has 0 fully saturated rings. The van der Waals surface area contributed by atoms with E-state index < -0.39 is 0 Å². The van der Waals surface area contributed by atoms with Crippen molar-refractivity contribution in [1.82, 2.24) is 20.1 Å². The first kappa shape index (κ1) is 18.4. The molecule has 0 radical (unpaired) electrons. The second-order valence-corrected chi connectivity index (χ2v) is 7.12. The van der Waals surface area contributed by atoms with Crippen LogP contribution < -0.4 is 5.32 Å². The molecule has 4 rings (SSSR count). The molecule has 5 nitrogen and oxygen atoms in total. The van der Waals surface area contributed by atoms with Gasteiger partial charge in [-0.25, -0.2) is 9.67 Å². The first-order chi connectivity index (χ1) is 13.8. The first-order valence-corrected chi connectivity index (χ1v) is 9.93. The van der Waals surface area contributed by atoms with E-state index in [1.807, 2.05) is 10.7 Å². The van der Waals surface area contributed by atoms with Gasteiger partial charge >= 0.3 is 0 Å². The van der Waals surface area contributed by atoms with Gasteiger partial charge in [-0.2, -0.15) is 5.10 Å². The molecular formula is C23H26N4O. The molecule has 5 heteroatoms. The first-order valence-electron chi connectivity index (χ1n) is 9.93. The van der Waals surface area contributed by atoms with Gasteiger partial charge in [0.15, 0.2) is 0 Å². The van der Waals surface area contributed by atoms with Gasteiger partial charge in [-0.3, -0.25) is 0 Å². The van der Waals surface area contributed by atoms with Crippen molar-refractivity contribution in [2.45, 2.75) is 45.8 Å². The summed E-state index contributed by atoms with van der Waals surface area (Å²) in [7, 11) is 0. The van der Waals surface area contributed by atoms with E-state index in [9.17, 15) is 0 Å². The van der Waals surface area contributed by atoms with E-state index in [0.29, 0.717) is 0 Å². The van der Waals surface area contributed by atoms with Gasteiger partial charge in [0.25, 0.3) is 0 Å². The minimum absolute atomic E-state index is 0.746. The highest BCUT2D eigenvalue weighted by Crippen LogP contribution is 2.27. The lowest BCUT2D eigenvalue weighted by molar-refractivity contribution is 0.524. The van der Waals surface area contributed by atoms with E-state index >= 15 is 0 Å². The Morgan fingerprint density at radius 2 is 1.82 bits per heavy atom. The maximum absolute atomic E-state index is 6.12. The number of nitrogens with zero attached hydrogens (tertiary/aromatic N) is 3. The van der Waals surface area contributed by atoms with E-state index in [4.69, 9.17) is 4.42 Å². The van der Waals surface area contributed by atoms with Crippen molar-refractivity contribution < 1.29 is 4.42 Å². The van der Waals surface area contributed by atoms with Crippen molar-refractivity contribution in [2.75, 3.05) is 0 Å². The lowest BCUT2D eigenvalue weighted by atomic mass is 10.1. The SMILES string of the molecule is CCCCc1oc2ccccc2c1CNCc1ccc(Cn2cncn2)cc1. The molecule has 0 bridgehead atoms. The van der Waals surface area contributed by atoms with Crippen molar-refractivity contribution in [1.29, 1.82) is 0 Å². The molecule has 0 spiro atoms. The summed E-state index contributed by atoms with van der Waals surface area (Å²) in [6.45, 7) is 4.61. The van der Waals surface area contributed by atoms with Crippen LogP contribution in [0.2, 0.25) is 0 Å². The Labute approximate surface area is 165 Å². The molecule has 0 aliphatic rings. The highest BCUT2D eigenvalue weighted by Gasteiger charge is 2.13. The van der Waals surface area contributed by atoms with E-state index in [1.54, 1.807) is 12.7 Å². The van der Waals surface area contributed by atoms with Crippen molar-refractivity contribution in [3.63, 3.8) is 0 Å². The van der Waals surface area contributed by atoms with Crippen LogP contribution in [0.3, 0.4) is 0 Å². The Morgan fingerprint density at radius 1 is 1.00 bits per heavy atom. The maximum atomic E-state index is 6.12. The van der Waals surface area contributed by atoms with Gasteiger partial charge in [0.2, 0.25) is 0 Å². The average Bonchev–Trinajstić information content (AvgIpc) is 3.36. The van der Waals surface area contributed by atoms with Crippen LogP contribution in [0.5, 0.6) is 0 Å². The van der Waals surface area contributed by atoms with Crippen LogP contribution in [0.15, 0.2) is 65.6 Å². The molecular weight excluding hydrogens is 348 g/mol. The maximum Gasteiger partial charge on any atom is 0.137 e. The number of furan rings is 1. The third kappa shape index (κ3) is 4.31. The number of fused-ring (bicyclic) bond motifs is 1. The number of hydrogen-bond acceptors (Lipinski definition) is 4. The third-order valence-corrected chi connectivity index (χ3v) is 5.00. The molecule has 0 aliphatic heterocycles. The van der Waals surface area contributed by atoms with Crippen molar-refractivity contribution in [3.05, 3.63) is 83.6 Å². The Kier molecular flexibility index (Phi) is 5.83. The Balaban J connectivity index is 1.39. The van der Waals surface area contributed by atoms with Gasteiger partial charge in [-0.1, -0.05) is 55.8 Å². The quantitative estimate of drug-likeness (QED) is 0.461. The minimum Gasteiger partial charge on any atom is -0.461 e. The number of aryl methyl sites for hydroxylation is 1. The lowest BCUT2D eigenvalue weighted by Gasteiger charge is -2.08. The predicted molar refractivity (Wildman–Crippen MR) is 111 cm³/mol. The van der Waals surface area contributed by atoms with Crippen LogP contribution in [0.25, 0.3) is 11.0 Å². The van der Waals surface area contributed by atoms with E-state index in [2.05, 4.69) is 64.8 Å². The molecule has 2 aromatic heterocycles. The molecule has 144 valence electrons. The number of para-hydroxylation sites is 1. The van der Waals surface area contributed by atoms with Crippen LogP contribution in [-0.4, -0.2) is 14.8 Å². The fourth-order valence-corrected chi connectivity index (χ4v) is 3.48. The van der Waals surface area contributed by atoms with Gasteiger partial charge in [-0.15, -0.1) is 0 Å². The summed E-state index contributed by atoms with van der Waals surface area (Å²) < 4.78 is 7.94. The zero-order valence-electron chi connectivity index (χ0n) is 16.3. The van der Waals surface area contributed by atoms with E-state index in [-0.39, 0.29) is 0 Å². The van der Waals surface area contributed by atoms with Crippen molar-refractivity contribution in [2.24, 2.45) is 0 Å². The van der Waals surface area contributed by atoms with E-state index in [1.165, 1.54) is 28.5 Å². The summed E-state index contributed by atoms with van der Waals surface area (Å²) >= 11 is 0. The molecule has 0 unspecified atom stereocenters. The standard InChI is InChI=1S/C23H26N4O/c1-2-3-7-23-21(20-6-4-5-8-22(20)28-23)14-24-13-18-9-11-19(12-10-18)15-27-17-25-16-26-27/h4-6,8-12,16-17,24H,2-3,7,13-15H2,1H3. The monoisotopic (exact) mass is 374 g/mol. The highest BCUT2D eigenvalue weighted by atomic mass is 16.3. The number of aromatic nitrogens is 3. The number of rotatable bonds is 9. The molecule has 0 atom stereocenters. The van der Waals surface area contributed by atoms with Crippen LogP contribution in [0, 0.1) is 0 Å². The summed E-state index contributed by atoms with van der Waals surface area (Å²) in [6.07, 6.45) is 6.62. The second kappa shape index (κ2) is 8.85. The van der Waals surface area contributed by atoms with Gasteiger partial charge < -0.3 is 9.73 Å². The summed E-state index contributed by atoms with van der Waals surface area (Å²) in [5, 5.41) is 8.97. The molecule has 0 aliphatic carbocycles. The van der Waals surface area contributed by atoms with Gasteiger partial charge in [-0.05, 0) is 23.6 Å². The summed E-state index contributed by atoms with van der Waals surface area (Å²) in [5.74, 6) is 1.12. The number of benzene rings is 2. The van der Waals surface area contributed by atoms with E-state index in [0.717, 1.165) is 43.8 Å². The zero-order chi connectivity index (χ0) is 19.2. The fraction of sp³-hybridized carbons (Fsp3) is 0.304. The fourth-order valence-electron chi connectivity index (χ4n) is 3.48. The smallest absolute Gasteiger partial charge is 0.137 e. The number of unbranched alkanes of at least 4 members (excludes halogenated alkanes) is 1. The Hall–Kier alpha value is -2.92. The summed E-state index contributed by atoms with van der Waals surface area (Å²) in [6, 6.07) is 17.0. The predicted octanol–water partition coefficient (Wildman–Crippen LogP) is 4.71. The summed E-state index contributed by atoms with van der Waals surface area (Å²) in [4.78, 5) is 3.98. The molecule has 2 heterocycles. The van der Waals surface area contributed by atoms with Gasteiger partial charge in [0, 0.05) is 30.5 Å². The molecule has 4 aromatic rings. The molecule has 0 saturated carbocycles. The van der Waals surface area contributed by atoms with Crippen LogP contribution in [-0.2, 0) is 26.1 Å². The molecule has 1 N–H and O–H groups in total. The second-order valence-electron chi connectivity index (χ2n) is 7.12. The molecule has 0 amide bonds. The Bertz CT molecular complexity index is 1000. The molecule has 28 heavy (non-hydrogen) atoms. The zero-order valence-corrected chi connectivity index (χ0v) is 16.3. The average molecular weight is 374 g/mol. The van der Waals surface area contributed by atoms with Crippen LogP contribution >= 0.6 is 0 Å². The van der Waals surface area contributed by atoms with Gasteiger partial charge in [0.1, 0.15) is 24.0 Å². The highest BCUT2D eigenvalue weighted by molar-refractivity contribution is 5.82. The summed E-state index contributed by atoms with van der Waals surface area (Å²) in [5.41, 5.74) is 4.77. The molecule has 2 aromatic carbocycles. The number of nitrogens with one attached hydrogen (secondary N) is 1. The normalized spacial score (nSPS) is 11.3. The van der Waals surface area contributed by atoms with Gasteiger partial charge in [0.05, 0.1) is 6.54 Å². The molecule has 0 saturated heterocycles. The lowest BCUT2D eigenvalue weighted by Crippen LogP contribution is -2.13. The minimum atomic E-state index is 0.746. The van der Waals surface area contributed by atoms with Crippen molar-refractivity contribution >= 4 is 11.0 Å². The van der Waals surface area contributed by atoms with Crippen LogP contribution in [0.4, 0.5) is 0 Å². The number of hydrogen-bond donors (Lipinski definition) is 1. The van der Waals surface area contributed by atoms with Crippen molar-refractivity contribution in [3.8, 4) is 0 Å².